The van der Waals surface area contributed by atoms with E-state index >= 15 is 0 Å². The van der Waals surface area contributed by atoms with Crippen LogP contribution in [0.5, 0.6) is 0 Å². The molecule has 0 spiro atoms. The van der Waals surface area contributed by atoms with Crippen LogP contribution in [-0.2, 0) is 4.74 Å². The Balaban J connectivity index is 2.31. The van der Waals surface area contributed by atoms with Gasteiger partial charge in [-0.2, -0.15) is 0 Å². The van der Waals surface area contributed by atoms with E-state index in [1.165, 1.54) is 6.42 Å². The number of amides is 1. The van der Waals surface area contributed by atoms with Crippen LogP contribution in [0.1, 0.15) is 41.0 Å². The van der Waals surface area contributed by atoms with Gasteiger partial charge in [0.05, 0.1) is 0 Å². The summed E-state index contributed by atoms with van der Waals surface area (Å²) in [7, 11) is 1.80. The van der Waals surface area contributed by atoms with Gasteiger partial charge in [-0.1, -0.05) is 13.8 Å². The predicted molar refractivity (Wildman–Crippen MR) is 90.1 cm³/mol. The van der Waals surface area contributed by atoms with Gasteiger partial charge in [0, 0.05) is 33.2 Å². The molecule has 22 heavy (non-hydrogen) atoms. The summed E-state index contributed by atoms with van der Waals surface area (Å²) in [5.74, 6) is 2.27. The summed E-state index contributed by atoms with van der Waals surface area (Å²) in [6.07, 6.45) is 0.887. The van der Waals surface area contributed by atoms with E-state index in [-0.39, 0.29) is 6.09 Å². The summed E-state index contributed by atoms with van der Waals surface area (Å²) in [4.78, 5) is 18.2. The van der Waals surface area contributed by atoms with Crippen molar-refractivity contribution in [2.24, 2.45) is 16.8 Å². The third kappa shape index (κ3) is 7.00. The molecule has 0 saturated carbocycles. The highest BCUT2D eigenvalue weighted by Crippen LogP contribution is 2.20. The van der Waals surface area contributed by atoms with Crippen LogP contribution >= 0.6 is 0 Å². The van der Waals surface area contributed by atoms with Gasteiger partial charge in [-0.05, 0) is 39.0 Å². The zero-order valence-corrected chi connectivity index (χ0v) is 14.9. The molecule has 128 valence electrons. The van der Waals surface area contributed by atoms with Crippen LogP contribution in [0.15, 0.2) is 4.99 Å². The van der Waals surface area contributed by atoms with Gasteiger partial charge in [-0.25, -0.2) is 4.79 Å². The number of rotatable bonds is 3. The lowest BCUT2D eigenvalue weighted by Crippen LogP contribution is -2.49. The van der Waals surface area contributed by atoms with Gasteiger partial charge in [0.1, 0.15) is 5.60 Å². The maximum atomic E-state index is 11.6. The van der Waals surface area contributed by atoms with Gasteiger partial charge >= 0.3 is 6.09 Å². The standard InChI is InChI=1S/C16H32N4O2/c1-12-9-13(2)11-20(10-12)14(17-6)18-7-8-19-15(21)22-16(3,4)5/h12-13H,7-11H2,1-6H3,(H,17,18)(H,19,21). The molecule has 1 aliphatic heterocycles. The normalized spacial score (nSPS) is 23.2. The second kappa shape index (κ2) is 8.25. The second-order valence-electron chi connectivity index (χ2n) is 7.25. The number of ether oxygens (including phenoxy) is 1. The number of alkyl carbamates (subject to hydrolysis) is 1. The summed E-state index contributed by atoms with van der Waals surface area (Å²) < 4.78 is 5.20. The molecule has 1 fully saturated rings. The third-order valence-electron chi connectivity index (χ3n) is 3.46. The number of nitrogens with one attached hydrogen (secondary N) is 2. The molecule has 1 amide bonds. The number of nitrogens with zero attached hydrogens (tertiary/aromatic N) is 2. The molecule has 0 aliphatic carbocycles. The Morgan fingerprint density at radius 2 is 1.73 bits per heavy atom. The Hall–Kier alpha value is -1.46. The fraction of sp³-hybridized carbons (Fsp3) is 0.875. The molecule has 0 bridgehead atoms. The minimum atomic E-state index is -0.465. The first-order valence-corrected chi connectivity index (χ1v) is 8.13. The van der Waals surface area contributed by atoms with Crippen molar-refractivity contribution >= 4 is 12.1 Å². The van der Waals surface area contributed by atoms with Crippen molar-refractivity contribution in [3.05, 3.63) is 0 Å². The number of carbonyl (C=O) groups is 1. The van der Waals surface area contributed by atoms with Gasteiger partial charge in [-0.15, -0.1) is 0 Å². The highest BCUT2D eigenvalue weighted by molar-refractivity contribution is 5.80. The molecule has 1 aliphatic rings. The van der Waals surface area contributed by atoms with E-state index in [9.17, 15) is 4.79 Å². The molecule has 2 unspecified atom stereocenters. The largest absolute Gasteiger partial charge is 0.444 e. The van der Waals surface area contributed by atoms with E-state index in [0.29, 0.717) is 24.9 Å². The molecular weight excluding hydrogens is 280 g/mol. The summed E-state index contributed by atoms with van der Waals surface area (Å²) in [6.45, 7) is 13.3. The summed E-state index contributed by atoms with van der Waals surface area (Å²) in [5, 5.41) is 6.05. The van der Waals surface area contributed by atoms with Crippen LogP contribution < -0.4 is 10.6 Å². The van der Waals surface area contributed by atoms with Gasteiger partial charge in [0.15, 0.2) is 5.96 Å². The number of piperidine rings is 1. The third-order valence-corrected chi connectivity index (χ3v) is 3.46. The summed E-state index contributed by atoms with van der Waals surface area (Å²) in [5.41, 5.74) is -0.465. The van der Waals surface area contributed by atoms with Crippen LogP contribution in [0.2, 0.25) is 0 Å². The van der Waals surface area contributed by atoms with Crippen LogP contribution in [-0.4, -0.2) is 55.8 Å². The minimum absolute atomic E-state index is 0.385. The summed E-state index contributed by atoms with van der Waals surface area (Å²) in [6, 6.07) is 0. The van der Waals surface area contributed by atoms with Crippen molar-refractivity contribution in [1.29, 1.82) is 0 Å². The van der Waals surface area contributed by atoms with Crippen molar-refractivity contribution < 1.29 is 9.53 Å². The second-order valence-corrected chi connectivity index (χ2v) is 7.25. The van der Waals surface area contributed by atoms with E-state index in [0.717, 1.165) is 19.0 Å². The smallest absolute Gasteiger partial charge is 0.407 e. The molecule has 6 heteroatoms. The van der Waals surface area contributed by atoms with Crippen LogP contribution in [0.4, 0.5) is 4.79 Å². The lowest BCUT2D eigenvalue weighted by atomic mass is 9.92. The average molecular weight is 312 g/mol. The lowest BCUT2D eigenvalue weighted by Gasteiger charge is -2.37. The first-order chi connectivity index (χ1) is 10.2. The molecule has 1 rings (SSSR count). The van der Waals surface area contributed by atoms with Crippen LogP contribution in [0, 0.1) is 11.8 Å². The number of aliphatic imine (C=N–C) groups is 1. The van der Waals surface area contributed by atoms with Crippen molar-refractivity contribution in [2.45, 2.75) is 46.6 Å². The van der Waals surface area contributed by atoms with Crippen molar-refractivity contribution in [2.75, 3.05) is 33.2 Å². The van der Waals surface area contributed by atoms with Crippen molar-refractivity contribution in [3.8, 4) is 0 Å². The molecule has 6 nitrogen and oxygen atoms in total. The van der Waals surface area contributed by atoms with Gasteiger partial charge < -0.3 is 20.3 Å². The number of likely N-dealkylation sites (tertiary alicyclic amines) is 1. The summed E-state index contributed by atoms with van der Waals surface area (Å²) >= 11 is 0. The molecule has 0 aromatic heterocycles. The van der Waals surface area contributed by atoms with Crippen LogP contribution in [0.3, 0.4) is 0 Å². The van der Waals surface area contributed by atoms with Crippen molar-refractivity contribution in [1.82, 2.24) is 15.5 Å². The highest BCUT2D eigenvalue weighted by atomic mass is 16.6. The molecule has 1 saturated heterocycles. The fourth-order valence-electron chi connectivity index (χ4n) is 2.82. The zero-order chi connectivity index (χ0) is 16.8. The van der Waals surface area contributed by atoms with E-state index in [4.69, 9.17) is 4.74 Å². The Kier molecular flexibility index (Phi) is 6.97. The lowest BCUT2D eigenvalue weighted by molar-refractivity contribution is 0.0529. The molecule has 2 N–H and O–H groups in total. The topological polar surface area (TPSA) is 66.0 Å². The first-order valence-electron chi connectivity index (χ1n) is 8.13. The van der Waals surface area contributed by atoms with E-state index in [2.05, 4.69) is 34.4 Å². The number of hydrogen-bond donors (Lipinski definition) is 2. The highest BCUT2D eigenvalue weighted by Gasteiger charge is 2.23. The molecular formula is C16H32N4O2. The van der Waals surface area contributed by atoms with Gasteiger partial charge in [-0.3, -0.25) is 4.99 Å². The van der Waals surface area contributed by atoms with Crippen LogP contribution in [0.25, 0.3) is 0 Å². The van der Waals surface area contributed by atoms with Gasteiger partial charge in [0.2, 0.25) is 0 Å². The molecule has 1 heterocycles. The predicted octanol–water partition coefficient (Wildman–Crippen LogP) is 2.06. The molecule has 0 radical (unpaired) electrons. The van der Waals surface area contributed by atoms with Crippen molar-refractivity contribution in [3.63, 3.8) is 0 Å². The Morgan fingerprint density at radius 3 is 2.23 bits per heavy atom. The molecule has 2 atom stereocenters. The number of guanidine groups is 1. The SMILES string of the molecule is CN=C(NCCNC(=O)OC(C)(C)C)N1CC(C)CC(C)C1. The molecule has 0 aromatic carbocycles. The zero-order valence-electron chi connectivity index (χ0n) is 14.9. The maximum Gasteiger partial charge on any atom is 0.407 e. The fourth-order valence-corrected chi connectivity index (χ4v) is 2.82. The minimum Gasteiger partial charge on any atom is -0.444 e. The Bertz CT molecular complexity index is 380. The average Bonchev–Trinajstić information content (AvgIpc) is 2.35. The number of carbonyl (C=O) groups excluding carboxylic acids is 1. The quantitative estimate of drug-likeness (QED) is 0.476. The Labute approximate surface area is 134 Å². The van der Waals surface area contributed by atoms with E-state index < -0.39 is 5.60 Å². The van der Waals surface area contributed by atoms with E-state index in [1.54, 1.807) is 7.05 Å². The van der Waals surface area contributed by atoms with Gasteiger partial charge in [0.25, 0.3) is 0 Å². The van der Waals surface area contributed by atoms with E-state index in [1.807, 2.05) is 20.8 Å². The monoisotopic (exact) mass is 312 g/mol. The first kappa shape index (κ1) is 18.6. The number of hydrogen-bond acceptors (Lipinski definition) is 3. The maximum absolute atomic E-state index is 11.6. The Morgan fingerprint density at radius 1 is 1.18 bits per heavy atom. The molecule has 0 aromatic rings.